The third kappa shape index (κ3) is 5.13. The topological polar surface area (TPSA) is 57.7 Å². The first kappa shape index (κ1) is 22.6. The van der Waals surface area contributed by atoms with Crippen LogP contribution >= 0.6 is 15.9 Å². The Labute approximate surface area is 187 Å². The monoisotopic (exact) mass is 490 g/mol. The molecule has 1 aliphatic heterocycles. The number of hydrogen-bond acceptors (Lipinski definition) is 3. The second kappa shape index (κ2) is 9.79. The van der Waals surface area contributed by atoms with Crippen LogP contribution in [-0.4, -0.2) is 38.1 Å². The van der Waals surface area contributed by atoms with E-state index in [0.717, 1.165) is 22.0 Å². The fourth-order valence-corrected chi connectivity index (χ4v) is 5.84. The molecular weight excluding hydrogens is 464 g/mol. The van der Waals surface area contributed by atoms with Gasteiger partial charge in [0.2, 0.25) is 15.9 Å². The molecule has 3 rings (SSSR count). The highest BCUT2D eigenvalue weighted by Crippen LogP contribution is 2.28. The molecule has 30 heavy (non-hydrogen) atoms. The van der Waals surface area contributed by atoms with E-state index in [4.69, 9.17) is 0 Å². The number of halogens is 1. The van der Waals surface area contributed by atoms with Gasteiger partial charge in [0, 0.05) is 23.6 Å². The smallest absolute Gasteiger partial charge is 0.247 e. The first-order chi connectivity index (χ1) is 14.3. The maximum Gasteiger partial charge on any atom is 0.247 e. The Hall–Kier alpha value is -2.12. The lowest BCUT2D eigenvalue weighted by Crippen LogP contribution is -2.33. The van der Waals surface area contributed by atoms with Crippen molar-refractivity contribution < 1.29 is 13.2 Å². The third-order valence-corrected chi connectivity index (χ3v) is 7.86. The Bertz CT molecular complexity index is 1020. The summed E-state index contributed by atoms with van der Waals surface area (Å²) in [5, 5.41) is 0. The zero-order valence-electron chi connectivity index (χ0n) is 17.3. The zero-order chi connectivity index (χ0) is 21.7. The number of rotatable bonds is 7. The van der Waals surface area contributed by atoms with E-state index >= 15 is 0 Å². The number of benzene rings is 2. The molecule has 1 aliphatic rings. The fourth-order valence-electron chi connectivity index (χ4n) is 3.66. The number of sulfonamides is 1. The van der Waals surface area contributed by atoms with Crippen LogP contribution in [0.5, 0.6) is 0 Å². The number of hydrogen-bond donors (Lipinski definition) is 0. The van der Waals surface area contributed by atoms with E-state index < -0.39 is 10.0 Å². The molecule has 1 atom stereocenters. The molecule has 2 aromatic rings. The zero-order valence-corrected chi connectivity index (χ0v) is 19.7. The van der Waals surface area contributed by atoms with E-state index in [0.29, 0.717) is 25.2 Å². The molecule has 7 heteroatoms. The van der Waals surface area contributed by atoms with Crippen LogP contribution in [0.25, 0.3) is 6.08 Å². The van der Waals surface area contributed by atoms with Crippen molar-refractivity contribution in [3.63, 3.8) is 0 Å². The number of nitrogens with zero attached hydrogens (tertiary/aromatic N) is 2. The van der Waals surface area contributed by atoms with Gasteiger partial charge < -0.3 is 4.90 Å². The minimum Gasteiger partial charge on any atom is -0.332 e. The number of carbonyl (C=O) groups excluding carboxylic acids is 1. The molecule has 0 radical (unpaired) electrons. The van der Waals surface area contributed by atoms with Gasteiger partial charge in [0.1, 0.15) is 0 Å². The number of amides is 1. The predicted octanol–water partition coefficient (Wildman–Crippen LogP) is 5.00. The van der Waals surface area contributed by atoms with Gasteiger partial charge in [0.05, 0.1) is 17.5 Å². The van der Waals surface area contributed by atoms with Crippen LogP contribution in [-0.2, 0) is 14.8 Å². The van der Waals surface area contributed by atoms with Crippen LogP contribution in [0, 0.1) is 0 Å². The summed E-state index contributed by atoms with van der Waals surface area (Å²) in [4.78, 5) is 14.8. The summed E-state index contributed by atoms with van der Waals surface area (Å²) in [6, 6.07) is 15.2. The van der Waals surface area contributed by atoms with E-state index in [9.17, 15) is 13.2 Å². The van der Waals surface area contributed by atoms with Crippen molar-refractivity contribution in [2.45, 2.75) is 32.7 Å². The third-order valence-electron chi connectivity index (χ3n) is 5.27. The summed E-state index contributed by atoms with van der Waals surface area (Å²) in [6.07, 6.45) is 4.89. The van der Waals surface area contributed by atoms with Crippen LogP contribution in [0.15, 0.2) is 59.1 Å². The normalized spacial score (nSPS) is 16.7. The predicted molar refractivity (Wildman–Crippen MR) is 126 cm³/mol. The summed E-state index contributed by atoms with van der Waals surface area (Å²) in [5.74, 6) is 0.151. The number of carbonyl (C=O) groups is 1. The van der Waals surface area contributed by atoms with Crippen LogP contribution < -0.4 is 4.31 Å². The lowest BCUT2D eigenvalue weighted by Gasteiger charge is -2.29. The molecule has 160 valence electrons. The van der Waals surface area contributed by atoms with Gasteiger partial charge in [-0.1, -0.05) is 53.2 Å². The van der Waals surface area contributed by atoms with Crippen molar-refractivity contribution in [2.24, 2.45) is 0 Å². The quantitative estimate of drug-likeness (QED) is 0.512. The first-order valence-electron chi connectivity index (χ1n) is 10.2. The molecule has 0 aliphatic carbocycles. The summed E-state index contributed by atoms with van der Waals surface area (Å²) in [5.41, 5.74) is 2.60. The average Bonchev–Trinajstić information content (AvgIpc) is 3.09. The minimum atomic E-state index is -3.19. The average molecular weight is 491 g/mol. The summed E-state index contributed by atoms with van der Waals surface area (Å²) < 4.78 is 26.6. The van der Waals surface area contributed by atoms with Gasteiger partial charge in [-0.25, -0.2) is 8.42 Å². The van der Waals surface area contributed by atoms with E-state index in [1.54, 1.807) is 24.3 Å². The Kier molecular flexibility index (Phi) is 7.36. The molecule has 1 unspecified atom stereocenters. The van der Waals surface area contributed by atoms with Crippen molar-refractivity contribution in [1.82, 2.24) is 4.90 Å². The first-order valence-corrected chi connectivity index (χ1v) is 12.6. The van der Waals surface area contributed by atoms with E-state index in [1.165, 1.54) is 4.31 Å². The van der Waals surface area contributed by atoms with Gasteiger partial charge >= 0.3 is 0 Å². The van der Waals surface area contributed by atoms with Gasteiger partial charge in [0.25, 0.3) is 0 Å². The Morgan fingerprint density at radius 2 is 1.90 bits per heavy atom. The van der Waals surface area contributed by atoms with E-state index in [2.05, 4.69) is 22.9 Å². The fraction of sp³-hybridized carbons (Fsp3) is 0.348. The Morgan fingerprint density at radius 1 is 1.20 bits per heavy atom. The molecule has 2 aromatic carbocycles. The molecule has 0 bridgehead atoms. The Morgan fingerprint density at radius 3 is 2.50 bits per heavy atom. The highest BCUT2D eigenvalue weighted by molar-refractivity contribution is 9.10. The lowest BCUT2D eigenvalue weighted by atomic mass is 10.1. The van der Waals surface area contributed by atoms with Gasteiger partial charge in [0.15, 0.2) is 0 Å². The summed E-state index contributed by atoms with van der Waals surface area (Å²) in [6.45, 7) is 5.28. The molecule has 0 N–H and O–H groups in total. The van der Waals surface area contributed by atoms with Gasteiger partial charge in [-0.3, -0.25) is 9.10 Å². The molecule has 1 fully saturated rings. The molecular formula is C23H27BrN2O3S. The van der Waals surface area contributed by atoms with Gasteiger partial charge in [-0.15, -0.1) is 0 Å². The maximum absolute atomic E-state index is 12.9. The maximum atomic E-state index is 12.9. The van der Waals surface area contributed by atoms with Crippen molar-refractivity contribution >= 4 is 43.6 Å². The molecule has 0 aromatic heterocycles. The standard InChI is InChI=1S/C23H27BrN2O3S/c1-3-15-25(18(2)21-7-4-5-8-22(21)24)23(27)14-11-19-9-12-20(13-10-19)26-16-6-17-30(26,28)29/h4-5,7-14,18H,3,6,15-17H2,1-2H3/b14-11+. The second-order valence-electron chi connectivity index (χ2n) is 7.40. The van der Waals surface area contributed by atoms with Crippen LogP contribution in [0.3, 0.4) is 0 Å². The van der Waals surface area contributed by atoms with Crippen molar-refractivity contribution in [3.05, 3.63) is 70.2 Å². The summed E-state index contributed by atoms with van der Waals surface area (Å²) >= 11 is 3.58. The molecule has 1 heterocycles. The molecule has 0 spiro atoms. The highest BCUT2D eigenvalue weighted by atomic mass is 79.9. The highest BCUT2D eigenvalue weighted by Gasteiger charge is 2.28. The SMILES string of the molecule is CCCN(C(=O)/C=C/c1ccc(N2CCCS2(=O)=O)cc1)C(C)c1ccccc1Br. The lowest BCUT2D eigenvalue weighted by molar-refractivity contribution is -0.128. The van der Waals surface area contributed by atoms with Crippen LogP contribution in [0.2, 0.25) is 0 Å². The van der Waals surface area contributed by atoms with E-state index in [-0.39, 0.29) is 17.7 Å². The molecule has 0 saturated carbocycles. The molecule has 5 nitrogen and oxygen atoms in total. The Balaban J connectivity index is 1.73. The molecule has 1 saturated heterocycles. The van der Waals surface area contributed by atoms with Crippen molar-refractivity contribution in [2.75, 3.05) is 23.1 Å². The largest absolute Gasteiger partial charge is 0.332 e. The number of anilines is 1. The summed E-state index contributed by atoms with van der Waals surface area (Å²) in [7, 11) is -3.19. The van der Waals surface area contributed by atoms with E-state index in [1.807, 2.05) is 48.2 Å². The van der Waals surface area contributed by atoms with Crippen molar-refractivity contribution in [3.8, 4) is 0 Å². The van der Waals surface area contributed by atoms with Crippen LogP contribution in [0.4, 0.5) is 5.69 Å². The molecule has 1 amide bonds. The minimum absolute atomic E-state index is 0.0497. The van der Waals surface area contributed by atoms with Crippen LogP contribution in [0.1, 0.15) is 43.9 Å². The van der Waals surface area contributed by atoms with Gasteiger partial charge in [-0.2, -0.15) is 0 Å². The van der Waals surface area contributed by atoms with Crippen molar-refractivity contribution in [1.29, 1.82) is 0 Å². The van der Waals surface area contributed by atoms with Gasteiger partial charge in [-0.05, 0) is 55.2 Å². The second-order valence-corrected chi connectivity index (χ2v) is 10.3.